The molecule has 4 aliphatic rings. The van der Waals surface area contributed by atoms with Crippen LogP contribution in [0.15, 0.2) is 30.5 Å². The minimum Gasteiger partial charge on any atom is -0.341 e. The van der Waals surface area contributed by atoms with Gasteiger partial charge in [0.1, 0.15) is 0 Å². The van der Waals surface area contributed by atoms with E-state index < -0.39 is 17.8 Å². The Balaban J connectivity index is 0.00000323. The smallest absolute Gasteiger partial charge is 0.341 e. The number of nitrogens with zero attached hydrogens (tertiary/aromatic N) is 5. The third-order valence-electron chi connectivity index (χ3n) is 9.09. The second kappa shape index (κ2) is 11.4. The van der Waals surface area contributed by atoms with Gasteiger partial charge >= 0.3 is 6.18 Å². The zero-order valence-electron chi connectivity index (χ0n) is 22.8. The van der Waals surface area contributed by atoms with Gasteiger partial charge < -0.3 is 9.80 Å². The number of alkyl halides is 3. The highest BCUT2D eigenvalue weighted by molar-refractivity contribution is 5.96. The number of halogens is 4. The van der Waals surface area contributed by atoms with Gasteiger partial charge in [-0.1, -0.05) is 18.2 Å². The van der Waals surface area contributed by atoms with E-state index in [2.05, 4.69) is 10.00 Å². The topological polar surface area (TPSA) is 61.7 Å². The van der Waals surface area contributed by atoms with Crippen LogP contribution in [0, 0.1) is 0 Å². The van der Waals surface area contributed by atoms with E-state index in [0.29, 0.717) is 38.0 Å². The molecule has 0 radical (unpaired) electrons. The molecule has 0 N–H and O–H groups in total. The van der Waals surface area contributed by atoms with E-state index in [4.69, 9.17) is 0 Å². The Bertz CT molecular complexity index is 1240. The molecule has 2 aromatic rings. The van der Waals surface area contributed by atoms with Crippen molar-refractivity contribution >= 4 is 24.2 Å². The number of likely N-dealkylation sites (N-methyl/N-ethyl adjacent to an activating group) is 1. The van der Waals surface area contributed by atoms with Crippen molar-refractivity contribution in [1.29, 1.82) is 0 Å². The van der Waals surface area contributed by atoms with E-state index in [-0.39, 0.29) is 47.8 Å². The van der Waals surface area contributed by atoms with Crippen molar-refractivity contribution in [2.45, 2.75) is 81.6 Å². The van der Waals surface area contributed by atoms with Crippen molar-refractivity contribution in [3.63, 3.8) is 0 Å². The largest absolute Gasteiger partial charge is 0.416 e. The number of amides is 2. The molecule has 1 aliphatic carbocycles. The number of benzene rings is 1. The molecular formula is C29H37ClF3N5O2. The number of hydrogen-bond donors (Lipinski definition) is 0. The zero-order valence-corrected chi connectivity index (χ0v) is 23.6. The predicted octanol–water partition coefficient (Wildman–Crippen LogP) is 5.44. The normalized spacial score (nSPS) is 24.4. The fourth-order valence-electron chi connectivity index (χ4n) is 6.89. The first-order valence-electron chi connectivity index (χ1n) is 14.3. The molecule has 11 heteroatoms. The highest BCUT2D eigenvalue weighted by Gasteiger charge is 2.42. The van der Waals surface area contributed by atoms with Gasteiger partial charge in [0, 0.05) is 25.6 Å². The molecule has 3 saturated heterocycles. The molecule has 1 saturated carbocycles. The van der Waals surface area contributed by atoms with Crippen LogP contribution in [-0.2, 0) is 11.0 Å². The maximum atomic E-state index is 13.9. The summed E-state index contributed by atoms with van der Waals surface area (Å²) in [4.78, 5) is 32.7. The van der Waals surface area contributed by atoms with Gasteiger partial charge in [0.25, 0.3) is 5.91 Å². The van der Waals surface area contributed by atoms with Crippen molar-refractivity contribution in [1.82, 2.24) is 24.5 Å². The van der Waals surface area contributed by atoms with E-state index in [1.165, 1.54) is 12.1 Å². The first kappa shape index (κ1) is 28.9. The molecule has 40 heavy (non-hydrogen) atoms. The zero-order chi connectivity index (χ0) is 27.3. The molecule has 6 rings (SSSR count). The van der Waals surface area contributed by atoms with E-state index in [9.17, 15) is 22.8 Å². The maximum Gasteiger partial charge on any atom is 0.416 e. The van der Waals surface area contributed by atoms with Crippen LogP contribution in [0.3, 0.4) is 0 Å². The summed E-state index contributed by atoms with van der Waals surface area (Å²) in [6.07, 6.45) is 3.83. The molecule has 1 aromatic carbocycles. The number of likely N-dealkylation sites (tertiary alicyclic amines) is 3. The molecule has 2 amide bonds. The molecule has 2 unspecified atom stereocenters. The third kappa shape index (κ3) is 5.36. The van der Waals surface area contributed by atoms with Crippen molar-refractivity contribution < 1.29 is 22.8 Å². The van der Waals surface area contributed by atoms with Gasteiger partial charge in [-0.15, -0.1) is 12.4 Å². The van der Waals surface area contributed by atoms with Crippen LogP contribution in [0.25, 0.3) is 0 Å². The number of piperidine rings is 1. The van der Waals surface area contributed by atoms with E-state index >= 15 is 0 Å². The summed E-state index contributed by atoms with van der Waals surface area (Å²) in [5.74, 6) is 0.243. The Morgan fingerprint density at radius 2 is 1.62 bits per heavy atom. The Kier molecular flexibility index (Phi) is 8.21. The highest BCUT2D eigenvalue weighted by Crippen LogP contribution is 2.45. The molecule has 3 aliphatic heterocycles. The minimum absolute atomic E-state index is 0. The van der Waals surface area contributed by atoms with Crippen LogP contribution >= 0.6 is 12.4 Å². The lowest BCUT2D eigenvalue weighted by Crippen LogP contribution is -2.47. The van der Waals surface area contributed by atoms with Crippen molar-refractivity contribution in [3.05, 3.63) is 52.8 Å². The SMILES string of the molecule is CN1CCCC1C(=O)N1CCC(n2ncc(C(=O)N3CCCC3c3ccccc3C(F)(F)F)c2C2CC2)CC1.Cl. The first-order chi connectivity index (χ1) is 18.7. The molecule has 4 heterocycles. The molecule has 0 spiro atoms. The van der Waals surface area contributed by atoms with Crippen LogP contribution in [0.4, 0.5) is 13.2 Å². The second-order valence-electron chi connectivity index (χ2n) is 11.6. The summed E-state index contributed by atoms with van der Waals surface area (Å²) in [5, 5.41) is 4.69. The summed E-state index contributed by atoms with van der Waals surface area (Å²) < 4.78 is 43.3. The van der Waals surface area contributed by atoms with Gasteiger partial charge in [0.05, 0.1) is 41.1 Å². The fraction of sp³-hybridized carbons (Fsp3) is 0.621. The molecule has 4 fully saturated rings. The van der Waals surface area contributed by atoms with E-state index in [0.717, 1.165) is 56.8 Å². The second-order valence-corrected chi connectivity index (χ2v) is 11.6. The lowest BCUT2D eigenvalue weighted by Gasteiger charge is -2.35. The third-order valence-corrected chi connectivity index (χ3v) is 9.09. The molecule has 1 aromatic heterocycles. The summed E-state index contributed by atoms with van der Waals surface area (Å²) in [7, 11) is 2.01. The number of hydrogen-bond acceptors (Lipinski definition) is 4. The minimum atomic E-state index is -4.47. The van der Waals surface area contributed by atoms with Crippen LogP contribution in [0.5, 0.6) is 0 Å². The molecule has 0 bridgehead atoms. The first-order valence-corrected chi connectivity index (χ1v) is 14.3. The monoisotopic (exact) mass is 579 g/mol. The van der Waals surface area contributed by atoms with Crippen molar-refractivity contribution in [3.8, 4) is 0 Å². The Morgan fingerprint density at radius 3 is 2.27 bits per heavy atom. The number of carbonyl (C=O) groups is 2. The Hall–Kier alpha value is -2.59. The van der Waals surface area contributed by atoms with Crippen LogP contribution in [-0.4, -0.2) is 75.6 Å². The summed E-state index contributed by atoms with van der Waals surface area (Å²) in [5.41, 5.74) is 0.953. The Labute approximate surface area is 239 Å². The van der Waals surface area contributed by atoms with Gasteiger partial charge in [-0.3, -0.25) is 19.2 Å². The van der Waals surface area contributed by atoms with Crippen molar-refractivity contribution in [2.75, 3.05) is 33.2 Å². The molecule has 2 atom stereocenters. The number of rotatable bonds is 5. The van der Waals surface area contributed by atoms with Crippen LogP contribution < -0.4 is 0 Å². The summed E-state index contributed by atoms with van der Waals surface area (Å²) >= 11 is 0. The van der Waals surface area contributed by atoms with Crippen LogP contribution in [0.2, 0.25) is 0 Å². The van der Waals surface area contributed by atoms with Gasteiger partial charge in [-0.2, -0.15) is 18.3 Å². The van der Waals surface area contributed by atoms with Gasteiger partial charge in [-0.25, -0.2) is 0 Å². The van der Waals surface area contributed by atoms with E-state index in [1.54, 1.807) is 17.2 Å². The molecule has 7 nitrogen and oxygen atoms in total. The molecule has 218 valence electrons. The van der Waals surface area contributed by atoms with Gasteiger partial charge in [0.15, 0.2) is 0 Å². The Morgan fingerprint density at radius 1 is 0.925 bits per heavy atom. The van der Waals surface area contributed by atoms with Crippen LogP contribution in [0.1, 0.15) is 96.5 Å². The van der Waals surface area contributed by atoms with Gasteiger partial charge in [0.2, 0.25) is 5.91 Å². The number of carbonyl (C=O) groups excluding carboxylic acids is 2. The number of aromatic nitrogens is 2. The summed E-state index contributed by atoms with van der Waals surface area (Å²) in [6, 6.07) is 5.10. The predicted molar refractivity (Wildman–Crippen MR) is 146 cm³/mol. The average molecular weight is 580 g/mol. The van der Waals surface area contributed by atoms with Gasteiger partial charge in [-0.05, 0) is 76.6 Å². The highest BCUT2D eigenvalue weighted by atomic mass is 35.5. The molecular weight excluding hydrogens is 543 g/mol. The van der Waals surface area contributed by atoms with Crippen molar-refractivity contribution in [2.24, 2.45) is 0 Å². The average Bonchev–Trinajstić information content (AvgIpc) is 3.29. The maximum absolute atomic E-state index is 13.9. The standard InChI is InChI=1S/C29H36F3N5O2.ClH/c1-34-14-4-9-25(34)28(39)35-16-12-20(13-17-35)37-26(19-10-11-19)22(18-33-37)27(38)36-15-5-8-24(36)21-6-2-3-7-23(21)29(30,31)32;/h2-3,6-7,18-20,24-25H,4-5,8-17H2,1H3;1H. The lowest BCUT2D eigenvalue weighted by atomic mass is 9.97. The lowest BCUT2D eigenvalue weighted by molar-refractivity contribution is -0.139. The van der Waals surface area contributed by atoms with E-state index in [1.807, 2.05) is 16.6 Å². The quantitative estimate of drug-likeness (QED) is 0.474. The fourth-order valence-corrected chi connectivity index (χ4v) is 6.89. The summed E-state index contributed by atoms with van der Waals surface area (Å²) in [6.45, 7) is 2.73.